The van der Waals surface area contributed by atoms with Gasteiger partial charge in [-0.15, -0.1) is 0 Å². The van der Waals surface area contributed by atoms with Gasteiger partial charge in [0, 0.05) is 30.0 Å². The van der Waals surface area contributed by atoms with Crippen LogP contribution >= 0.6 is 0 Å². The van der Waals surface area contributed by atoms with E-state index < -0.39 is 5.97 Å². The number of nitrogens with zero attached hydrogens (tertiary/aromatic N) is 2. The summed E-state index contributed by atoms with van der Waals surface area (Å²) in [6.45, 7) is 2.71. The molecule has 0 bridgehead atoms. The smallest absolute Gasteiger partial charge is 0.335 e. The molecule has 0 saturated carbocycles. The number of rotatable bonds is 5. The van der Waals surface area contributed by atoms with E-state index in [0.717, 1.165) is 44.5 Å². The van der Waals surface area contributed by atoms with Crippen molar-refractivity contribution in [2.45, 2.75) is 20.1 Å². The first kappa shape index (κ1) is 20.2. The van der Waals surface area contributed by atoms with Gasteiger partial charge in [-0.25, -0.2) is 9.18 Å². The maximum atomic E-state index is 14.0. The number of halogens is 1. The summed E-state index contributed by atoms with van der Waals surface area (Å²) < 4.78 is 21.7. The Hall–Kier alpha value is -3.77. The molecule has 5 nitrogen and oxygen atoms in total. The highest BCUT2D eigenvalue weighted by atomic mass is 19.1. The van der Waals surface area contributed by atoms with Crippen molar-refractivity contribution in [3.05, 3.63) is 88.4 Å². The Kier molecular flexibility index (Phi) is 4.87. The molecule has 0 fully saturated rings. The number of aromatic nitrogens is 1. The highest BCUT2D eigenvalue weighted by molar-refractivity contribution is 6.03. The van der Waals surface area contributed by atoms with E-state index in [9.17, 15) is 14.3 Å². The van der Waals surface area contributed by atoms with Crippen molar-refractivity contribution in [1.29, 1.82) is 0 Å². The van der Waals surface area contributed by atoms with Crippen LogP contribution in [0.2, 0.25) is 0 Å². The first-order chi connectivity index (χ1) is 15.5. The molecule has 1 aliphatic rings. The Balaban J connectivity index is 1.85. The summed E-state index contributed by atoms with van der Waals surface area (Å²) >= 11 is 0. The largest absolute Gasteiger partial charge is 0.478 e. The van der Waals surface area contributed by atoms with Gasteiger partial charge in [0.25, 0.3) is 0 Å². The molecule has 0 amide bonds. The van der Waals surface area contributed by atoms with E-state index in [0.29, 0.717) is 18.7 Å². The van der Waals surface area contributed by atoms with Crippen LogP contribution < -0.4 is 0 Å². The number of hydrogen-bond acceptors (Lipinski definition) is 3. The summed E-state index contributed by atoms with van der Waals surface area (Å²) in [5, 5.41) is 10.3. The van der Waals surface area contributed by atoms with E-state index in [2.05, 4.69) is 21.7 Å². The summed E-state index contributed by atoms with van der Waals surface area (Å²) in [6, 6.07) is 16.2. The normalized spacial score (nSPS) is 12.5. The van der Waals surface area contributed by atoms with Gasteiger partial charge in [0.1, 0.15) is 5.82 Å². The molecule has 1 N–H and O–H groups in total. The second kappa shape index (κ2) is 7.73. The molecule has 1 aromatic heterocycles. The maximum absolute atomic E-state index is 14.0. The Morgan fingerprint density at radius 3 is 2.62 bits per heavy atom. The van der Waals surface area contributed by atoms with E-state index in [1.165, 1.54) is 6.07 Å². The molecule has 3 aromatic carbocycles. The Bertz CT molecular complexity index is 1400. The average molecular weight is 428 g/mol. The average Bonchev–Trinajstić information content (AvgIpc) is 3.36. The molecule has 5 rings (SSSR count). The lowest BCUT2D eigenvalue weighted by molar-refractivity contribution is 0.0697. The van der Waals surface area contributed by atoms with Gasteiger partial charge in [-0.05, 0) is 71.6 Å². The van der Waals surface area contributed by atoms with E-state index in [1.54, 1.807) is 32.2 Å². The molecule has 160 valence electrons. The van der Waals surface area contributed by atoms with Gasteiger partial charge in [0.05, 0.1) is 29.9 Å². The van der Waals surface area contributed by atoms with Crippen LogP contribution in [0.1, 0.15) is 32.7 Å². The summed E-state index contributed by atoms with van der Waals surface area (Å²) in [6.07, 6.45) is 1.87. The predicted octanol–water partition coefficient (Wildman–Crippen LogP) is 5.52. The van der Waals surface area contributed by atoms with E-state index in [1.807, 2.05) is 24.4 Å². The Morgan fingerprint density at radius 1 is 1.16 bits per heavy atom. The predicted molar refractivity (Wildman–Crippen MR) is 122 cm³/mol. The summed E-state index contributed by atoms with van der Waals surface area (Å²) in [5.41, 5.74) is 7.56. The zero-order valence-corrected chi connectivity index (χ0v) is 17.7. The molecule has 0 radical (unpaired) electrons. The van der Waals surface area contributed by atoms with E-state index in [-0.39, 0.29) is 11.4 Å². The monoisotopic (exact) mass is 428 g/mol. The SMILES string of the molecule is COCc1c(-c2ccc(C(=O)O)cc2)c2cc3c(cc2n1-c1ccc(F)c(C)c1)C=NC3. The first-order valence-corrected chi connectivity index (χ1v) is 10.3. The van der Waals surface area contributed by atoms with Crippen LogP contribution in [0.5, 0.6) is 0 Å². The number of benzene rings is 3. The van der Waals surface area contributed by atoms with Crippen LogP contribution in [-0.4, -0.2) is 29.0 Å². The second-order valence-electron chi connectivity index (χ2n) is 7.94. The van der Waals surface area contributed by atoms with Gasteiger partial charge < -0.3 is 14.4 Å². The van der Waals surface area contributed by atoms with Crippen LogP contribution in [-0.2, 0) is 17.9 Å². The Labute approximate surface area is 184 Å². The molecule has 0 saturated heterocycles. The minimum atomic E-state index is -0.965. The van der Waals surface area contributed by atoms with Crippen molar-refractivity contribution in [1.82, 2.24) is 4.57 Å². The lowest BCUT2D eigenvalue weighted by Crippen LogP contribution is -2.04. The van der Waals surface area contributed by atoms with Crippen LogP contribution in [0.25, 0.3) is 27.7 Å². The fraction of sp³-hybridized carbons (Fsp3) is 0.154. The summed E-state index contributed by atoms with van der Waals surface area (Å²) in [7, 11) is 1.64. The maximum Gasteiger partial charge on any atom is 0.335 e. The second-order valence-corrected chi connectivity index (χ2v) is 7.94. The number of fused-ring (bicyclic) bond motifs is 2. The van der Waals surface area contributed by atoms with Crippen molar-refractivity contribution >= 4 is 23.1 Å². The van der Waals surface area contributed by atoms with Gasteiger partial charge in [-0.3, -0.25) is 4.99 Å². The third-order valence-corrected chi connectivity index (χ3v) is 5.92. The number of carbonyl (C=O) groups is 1. The number of methoxy groups -OCH3 is 1. The van der Waals surface area contributed by atoms with Crippen molar-refractivity contribution in [3.8, 4) is 16.8 Å². The number of aromatic carboxylic acids is 1. The van der Waals surface area contributed by atoms with Gasteiger partial charge in [0.2, 0.25) is 0 Å². The van der Waals surface area contributed by atoms with Crippen molar-refractivity contribution in [2.75, 3.05) is 7.11 Å². The van der Waals surface area contributed by atoms with Crippen LogP contribution in [0, 0.1) is 12.7 Å². The highest BCUT2D eigenvalue weighted by Gasteiger charge is 2.22. The molecule has 0 spiro atoms. The van der Waals surface area contributed by atoms with Crippen molar-refractivity contribution in [3.63, 3.8) is 0 Å². The summed E-state index contributed by atoms with van der Waals surface area (Å²) in [5.74, 6) is -1.22. The number of carboxylic acids is 1. The van der Waals surface area contributed by atoms with E-state index in [4.69, 9.17) is 4.74 Å². The van der Waals surface area contributed by atoms with Gasteiger partial charge in [0.15, 0.2) is 0 Å². The molecular weight excluding hydrogens is 407 g/mol. The molecular formula is C26H21FN2O3. The van der Waals surface area contributed by atoms with Crippen molar-refractivity contribution < 1.29 is 19.0 Å². The molecule has 4 aromatic rings. The topological polar surface area (TPSA) is 63.8 Å². The first-order valence-electron chi connectivity index (χ1n) is 10.3. The number of hydrogen-bond donors (Lipinski definition) is 1. The zero-order valence-electron chi connectivity index (χ0n) is 17.7. The van der Waals surface area contributed by atoms with Crippen LogP contribution in [0.15, 0.2) is 59.6 Å². The zero-order chi connectivity index (χ0) is 22.4. The number of aryl methyl sites for hydroxylation is 1. The van der Waals surface area contributed by atoms with E-state index >= 15 is 0 Å². The van der Waals surface area contributed by atoms with Crippen LogP contribution in [0.4, 0.5) is 4.39 Å². The molecule has 1 aliphatic heterocycles. The third-order valence-electron chi connectivity index (χ3n) is 5.92. The molecule has 0 aliphatic carbocycles. The fourth-order valence-electron chi connectivity index (χ4n) is 4.38. The summed E-state index contributed by atoms with van der Waals surface area (Å²) in [4.78, 5) is 15.7. The third kappa shape index (κ3) is 3.20. The molecule has 0 atom stereocenters. The molecule has 6 heteroatoms. The van der Waals surface area contributed by atoms with Crippen LogP contribution in [0.3, 0.4) is 0 Å². The standard InChI is InChI=1S/C26H21FN2O3/c1-15-9-20(7-8-22(15)27)29-23-11-19-13-28-12-18(19)10-21(23)25(24(29)14-32-2)16-3-5-17(6-4-16)26(30)31/h3-11,13H,12,14H2,1-2H3,(H,30,31). The lowest BCUT2D eigenvalue weighted by atomic mass is 9.98. The molecule has 32 heavy (non-hydrogen) atoms. The number of aliphatic imine (C=N–C) groups is 1. The molecule has 2 heterocycles. The quantitative estimate of drug-likeness (QED) is 0.455. The highest BCUT2D eigenvalue weighted by Crippen LogP contribution is 2.39. The van der Waals surface area contributed by atoms with Gasteiger partial charge in [-0.2, -0.15) is 0 Å². The van der Waals surface area contributed by atoms with Gasteiger partial charge in [-0.1, -0.05) is 12.1 Å². The lowest BCUT2D eigenvalue weighted by Gasteiger charge is -2.13. The van der Waals surface area contributed by atoms with Crippen molar-refractivity contribution in [2.24, 2.45) is 4.99 Å². The Morgan fingerprint density at radius 2 is 1.94 bits per heavy atom. The fourth-order valence-corrected chi connectivity index (χ4v) is 4.38. The number of ether oxygens (including phenoxy) is 1. The minimum absolute atomic E-state index is 0.231. The number of carboxylic acid groups (broad SMARTS) is 1. The minimum Gasteiger partial charge on any atom is -0.478 e. The van der Waals surface area contributed by atoms with Gasteiger partial charge >= 0.3 is 5.97 Å². The molecule has 0 unspecified atom stereocenters.